The van der Waals surface area contributed by atoms with Gasteiger partial charge in [-0.1, -0.05) is 50.6 Å². The summed E-state index contributed by atoms with van der Waals surface area (Å²) in [5.74, 6) is -1.76. The predicted octanol–water partition coefficient (Wildman–Crippen LogP) is -1.07. The summed E-state index contributed by atoms with van der Waals surface area (Å²) in [5, 5.41) is 21.6. The summed E-state index contributed by atoms with van der Waals surface area (Å²) in [6.07, 6.45) is 0.134. The molecule has 10 heteroatoms. The molecule has 0 spiro atoms. The maximum Gasteiger partial charge on any atom is 0.246 e. The number of amides is 4. The van der Waals surface area contributed by atoms with Gasteiger partial charge >= 0.3 is 0 Å². The van der Waals surface area contributed by atoms with Crippen LogP contribution >= 0.6 is 0 Å². The second-order valence-corrected chi connectivity index (χ2v) is 9.05. The highest BCUT2D eigenvalue weighted by atomic mass is 16.3. The lowest BCUT2D eigenvalue weighted by atomic mass is 9.97. The minimum atomic E-state index is -0.930. The summed E-state index contributed by atoms with van der Waals surface area (Å²) in [4.78, 5) is 53.5. The van der Waals surface area contributed by atoms with Crippen molar-refractivity contribution in [3.63, 3.8) is 0 Å². The van der Waals surface area contributed by atoms with E-state index in [2.05, 4.69) is 21.3 Å². The molecule has 1 aromatic carbocycles. The molecule has 10 nitrogen and oxygen atoms in total. The number of hydrogen-bond acceptors (Lipinski definition) is 6. The smallest absolute Gasteiger partial charge is 0.246 e. The highest BCUT2D eigenvalue weighted by Gasteiger charge is 2.43. The minimum absolute atomic E-state index is 0.00643. The Bertz CT molecular complexity index is 880. The SMILES string of the molecule is CC[C@H](C)[C@@H]1NC(=O)CNCCNC(=O)[C@H](Cc2ccccc2)NC(=O)[C@@H]2C[C@@H](O)CN2C1=O. The summed E-state index contributed by atoms with van der Waals surface area (Å²) in [7, 11) is 0. The van der Waals surface area contributed by atoms with E-state index >= 15 is 0 Å². The van der Waals surface area contributed by atoms with E-state index in [9.17, 15) is 24.3 Å². The monoisotopic (exact) mass is 473 g/mol. The average Bonchev–Trinajstić information content (AvgIpc) is 3.22. The van der Waals surface area contributed by atoms with Crippen LogP contribution in [0, 0.1) is 5.92 Å². The number of nitrogens with zero attached hydrogens (tertiary/aromatic N) is 1. The number of nitrogens with one attached hydrogen (secondary N) is 4. The van der Waals surface area contributed by atoms with Crippen LogP contribution in [-0.4, -0.2) is 84.0 Å². The van der Waals surface area contributed by atoms with Gasteiger partial charge in [-0.3, -0.25) is 19.2 Å². The van der Waals surface area contributed by atoms with Gasteiger partial charge in [0.25, 0.3) is 0 Å². The molecular weight excluding hydrogens is 438 g/mol. The van der Waals surface area contributed by atoms with Gasteiger partial charge in [0, 0.05) is 32.5 Å². The van der Waals surface area contributed by atoms with E-state index in [4.69, 9.17) is 0 Å². The van der Waals surface area contributed by atoms with Crippen molar-refractivity contribution in [2.75, 3.05) is 26.2 Å². The highest BCUT2D eigenvalue weighted by molar-refractivity contribution is 5.95. The molecule has 5 N–H and O–H groups in total. The number of carbonyl (C=O) groups is 4. The van der Waals surface area contributed by atoms with E-state index in [0.717, 1.165) is 5.56 Å². The van der Waals surface area contributed by atoms with Gasteiger partial charge in [-0.15, -0.1) is 0 Å². The second kappa shape index (κ2) is 11.9. The first-order valence-corrected chi connectivity index (χ1v) is 11.9. The Hall–Kier alpha value is -2.98. The minimum Gasteiger partial charge on any atom is -0.391 e. The first-order chi connectivity index (χ1) is 16.3. The maximum absolute atomic E-state index is 13.5. The Morgan fingerprint density at radius 1 is 1.06 bits per heavy atom. The Balaban J connectivity index is 1.88. The standard InChI is InChI=1S/C24H35N5O5/c1-3-15(2)21-24(34)29-14-17(30)12-19(29)23(33)27-18(11-16-7-5-4-6-8-16)22(32)26-10-9-25-13-20(31)28-21/h4-8,15,17-19,21,25,30H,3,9-14H2,1-2H3,(H,26,32)(H,27,33)(H,28,31)/t15-,17+,18-,19-,21-/m0/s1. The predicted molar refractivity (Wildman–Crippen MR) is 125 cm³/mol. The molecule has 34 heavy (non-hydrogen) atoms. The van der Waals surface area contributed by atoms with Crippen LogP contribution in [0.5, 0.6) is 0 Å². The van der Waals surface area contributed by atoms with Crippen LogP contribution < -0.4 is 21.3 Å². The topological polar surface area (TPSA) is 140 Å². The molecule has 1 aromatic rings. The number of benzene rings is 1. The van der Waals surface area contributed by atoms with Crippen molar-refractivity contribution in [3.8, 4) is 0 Å². The summed E-state index contributed by atoms with van der Waals surface area (Å²) in [6, 6.07) is 6.75. The third kappa shape index (κ3) is 6.54. The molecule has 2 saturated heterocycles. The molecule has 0 saturated carbocycles. The molecule has 0 aromatic heterocycles. The number of carbonyl (C=O) groups excluding carboxylic acids is 4. The molecule has 0 radical (unpaired) electrons. The van der Waals surface area contributed by atoms with Gasteiger partial charge < -0.3 is 31.3 Å². The molecule has 3 rings (SSSR count). The van der Waals surface area contributed by atoms with Crippen molar-refractivity contribution >= 4 is 23.6 Å². The van der Waals surface area contributed by atoms with Gasteiger partial charge in [-0.25, -0.2) is 0 Å². The fourth-order valence-corrected chi connectivity index (χ4v) is 4.32. The van der Waals surface area contributed by atoms with Crippen LogP contribution in [0.2, 0.25) is 0 Å². The van der Waals surface area contributed by atoms with Gasteiger partial charge in [0.1, 0.15) is 18.1 Å². The van der Waals surface area contributed by atoms with Crippen LogP contribution in [-0.2, 0) is 25.6 Å². The zero-order valence-electron chi connectivity index (χ0n) is 19.8. The Kier molecular flexibility index (Phi) is 9.00. The fourth-order valence-electron chi connectivity index (χ4n) is 4.32. The van der Waals surface area contributed by atoms with Crippen molar-refractivity contribution in [1.82, 2.24) is 26.2 Å². The largest absolute Gasteiger partial charge is 0.391 e. The maximum atomic E-state index is 13.5. The third-order valence-corrected chi connectivity index (χ3v) is 6.46. The number of hydrogen-bond donors (Lipinski definition) is 5. The molecule has 186 valence electrons. The van der Waals surface area contributed by atoms with E-state index in [0.29, 0.717) is 13.0 Å². The zero-order chi connectivity index (χ0) is 24.7. The van der Waals surface area contributed by atoms with Gasteiger partial charge in [0.05, 0.1) is 12.6 Å². The molecule has 2 aliphatic heterocycles. The number of aliphatic hydroxyl groups excluding tert-OH is 1. The Labute approximate surface area is 199 Å². The van der Waals surface area contributed by atoms with Gasteiger partial charge in [-0.2, -0.15) is 0 Å². The normalized spacial score (nSPS) is 28.1. The van der Waals surface area contributed by atoms with Crippen LogP contribution in [0.25, 0.3) is 0 Å². The molecule has 2 fully saturated rings. The van der Waals surface area contributed by atoms with E-state index in [1.807, 2.05) is 44.2 Å². The van der Waals surface area contributed by atoms with Crippen LogP contribution in [0.3, 0.4) is 0 Å². The van der Waals surface area contributed by atoms with E-state index in [-0.39, 0.29) is 50.2 Å². The third-order valence-electron chi connectivity index (χ3n) is 6.46. The fraction of sp³-hybridized carbons (Fsp3) is 0.583. The molecule has 0 aliphatic carbocycles. The van der Waals surface area contributed by atoms with Crippen molar-refractivity contribution < 1.29 is 24.3 Å². The Morgan fingerprint density at radius 3 is 2.50 bits per heavy atom. The lowest BCUT2D eigenvalue weighted by molar-refractivity contribution is -0.143. The number of rotatable bonds is 4. The second-order valence-electron chi connectivity index (χ2n) is 9.05. The van der Waals surface area contributed by atoms with Crippen LogP contribution in [0.15, 0.2) is 30.3 Å². The lowest BCUT2D eigenvalue weighted by Gasteiger charge is -2.31. The lowest BCUT2D eigenvalue weighted by Crippen LogP contribution is -2.58. The van der Waals surface area contributed by atoms with Gasteiger partial charge in [0.2, 0.25) is 23.6 Å². The molecule has 2 aliphatic rings. The van der Waals surface area contributed by atoms with E-state index in [1.54, 1.807) is 0 Å². The molecular formula is C24H35N5O5. The molecule has 0 unspecified atom stereocenters. The summed E-state index contributed by atoms with van der Waals surface area (Å²) >= 11 is 0. The summed E-state index contributed by atoms with van der Waals surface area (Å²) < 4.78 is 0. The Morgan fingerprint density at radius 2 is 1.79 bits per heavy atom. The van der Waals surface area contributed by atoms with Crippen molar-refractivity contribution in [3.05, 3.63) is 35.9 Å². The van der Waals surface area contributed by atoms with E-state index in [1.165, 1.54) is 4.90 Å². The summed E-state index contributed by atoms with van der Waals surface area (Å²) in [5.41, 5.74) is 0.880. The first-order valence-electron chi connectivity index (χ1n) is 11.9. The van der Waals surface area contributed by atoms with Crippen LogP contribution in [0.4, 0.5) is 0 Å². The molecule has 0 bridgehead atoms. The molecule has 2 heterocycles. The van der Waals surface area contributed by atoms with Crippen molar-refractivity contribution in [2.24, 2.45) is 5.92 Å². The number of aliphatic hydroxyl groups is 1. The molecule has 4 amide bonds. The van der Waals surface area contributed by atoms with Gasteiger partial charge in [0.15, 0.2) is 0 Å². The highest BCUT2D eigenvalue weighted by Crippen LogP contribution is 2.22. The first kappa shape index (κ1) is 25.6. The molecule has 5 atom stereocenters. The van der Waals surface area contributed by atoms with Gasteiger partial charge in [-0.05, 0) is 11.5 Å². The van der Waals surface area contributed by atoms with Crippen LogP contribution in [0.1, 0.15) is 32.3 Å². The number of fused-ring (bicyclic) bond motifs is 1. The van der Waals surface area contributed by atoms with Crippen molar-refractivity contribution in [1.29, 1.82) is 0 Å². The summed E-state index contributed by atoms with van der Waals surface area (Å²) in [6.45, 7) is 4.40. The van der Waals surface area contributed by atoms with Crippen molar-refractivity contribution in [2.45, 2.75) is 57.3 Å². The zero-order valence-corrected chi connectivity index (χ0v) is 19.8. The van der Waals surface area contributed by atoms with E-state index < -0.39 is 36.0 Å². The average molecular weight is 474 g/mol. The quantitative estimate of drug-likeness (QED) is 0.377.